The molecule has 0 atom stereocenters. The van der Waals surface area contributed by atoms with E-state index in [-0.39, 0.29) is 0 Å². The number of benzene rings is 1. The van der Waals surface area contributed by atoms with Gasteiger partial charge in [-0.05, 0) is 12.1 Å². The molecule has 2 nitrogen and oxygen atoms in total. The molecule has 0 amide bonds. The summed E-state index contributed by atoms with van der Waals surface area (Å²) in [6, 6.07) is 9.70. The first-order chi connectivity index (χ1) is 6.29. The van der Waals surface area contributed by atoms with Gasteiger partial charge in [-0.1, -0.05) is 18.2 Å². The molecule has 0 aliphatic heterocycles. The molecule has 66 valence electrons. The number of rotatable bonds is 3. The van der Waals surface area contributed by atoms with E-state index in [4.69, 9.17) is 5.26 Å². The summed E-state index contributed by atoms with van der Waals surface area (Å²) in [6.07, 6.45) is 1.81. The Balaban J connectivity index is 2.99. The van der Waals surface area contributed by atoms with Crippen LogP contribution in [-0.2, 0) is 0 Å². The SMILES string of the molecule is C=CCN(C)c1ccccc1C#N. The zero-order valence-corrected chi connectivity index (χ0v) is 7.70. The lowest BCUT2D eigenvalue weighted by Crippen LogP contribution is -2.17. The summed E-state index contributed by atoms with van der Waals surface area (Å²) >= 11 is 0. The number of hydrogen-bond donors (Lipinski definition) is 0. The Labute approximate surface area is 78.7 Å². The summed E-state index contributed by atoms with van der Waals surface area (Å²) in [7, 11) is 1.94. The molecule has 1 aromatic rings. The molecular formula is C11H12N2. The molecule has 0 bridgehead atoms. The van der Waals surface area contributed by atoms with Crippen molar-refractivity contribution >= 4 is 5.69 Å². The number of hydrogen-bond acceptors (Lipinski definition) is 2. The Morgan fingerprint density at radius 3 is 2.85 bits per heavy atom. The average molecular weight is 172 g/mol. The van der Waals surface area contributed by atoms with E-state index in [1.807, 2.05) is 42.3 Å². The van der Waals surface area contributed by atoms with E-state index in [9.17, 15) is 0 Å². The third-order valence-corrected chi connectivity index (χ3v) is 1.84. The van der Waals surface area contributed by atoms with Crippen molar-refractivity contribution in [2.75, 3.05) is 18.5 Å². The minimum absolute atomic E-state index is 0.701. The normalized spacial score (nSPS) is 8.92. The van der Waals surface area contributed by atoms with Crippen LogP contribution >= 0.6 is 0 Å². The standard InChI is InChI=1S/C11H12N2/c1-3-8-13(2)11-7-5-4-6-10(11)9-12/h3-7H,1,8H2,2H3. The third-order valence-electron chi connectivity index (χ3n) is 1.84. The molecule has 0 radical (unpaired) electrons. The molecule has 13 heavy (non-hydrogen) atoms. The fourth-order valence-corrected chi connectivity index (χ4v) is 1.19. The van der Waals surface area contributed by atoms with Crippen molar-refractivity contribution < 1.29 is 0 Å². The number of nitriles is 1. The van der Waals surface area contributed by atoms with E-state index >= 15 is 0 Å². The second-order valence-corrected chi connectivity index (χ2v) is 2.80. The maximum absolute atomic E-state index is 8.83. The molecule has 0 spiro atoms. The smallest absolute Gasteiger partial charge is 0.101 e. The monoisotopic (exact) mass is 172 g/mol. The molecule has 0 aliphatic rings. The van der Waals surface area contributed by atoms with Crippen molar-refractivity contribution in [2.45, 2.75) is 0 Å². The Kier molecular flexibility index (Phi) is 3.10. The first-order valence-electron chi connectivity index (χ1n) is 4.10. The zero-order valence-electron chi connectivity index (χ0n) is 7.70. The molecule has 0 saturated carbocycles. The predicted molar refractivity (Wildman–Crippen MR) is 54.6 cm³/mol. The average Bonchev–Trinajstić information content (AvgIpc) is 2.18. The number of para-hydroxylation sites is 1. The van der Waals surface area contributed by atoms with Crippen molar-refractivity contribution in [1.82, 2.24) is 0 Å². The largest absolute Gasteiger partial charge is 0.370 e. The summed E-state index contributed by atoms with van der Waals surface area (Å²) in [5, 5.41) is 8.83. The maximum atomic E-state index is 8.83. The van der Waals surface area contributed by atoms with Gasteiger partial charge in [0.2, 0.25) is 0 Å². The molecule has 0 saturated heterocycles. The van der Waals surface area contributed by atoms with Crippen LogP contribution in [0.5, 0.6) is 0 Å². The van der Waals surface area contributed by atoms with Gasteiger partial charge in [0, 0.05) is 13.6 Å². The van der Waals surface area contributed by atoms with E-state index in [1.165, 1.54) is 0 Å². The van der Waals surface area contributed by atoms with Crippen LogP contribution < -0.4 is 4.90 Å². The lowest BCUT2D eigenvalue weighted by Gasteiger charge is -2.17. The summed E-state index contributed by atoms with van der Waals surface area (Å²) in [5.41, 5.74) is 1.65. The first kappa shape index (κ1) is 9.34. The molecule has 0 fully saturated rings. The minimum atomic E-state index is 0.701. The molecule has 0 aliphatic carbocycles. The lowest BCUT2D eigenvalue weighted by molar-refractivity contribution is 1.03. The van der Waals surface area contributed by atoms with Crippen LogP contribution in [0.25, 0.3) is 0 Å². The Hall–Kier alpha value is -1.75. The molecule has 0 N–H and O–H groups in total. The van der Waals surface area contributed by atoms with Crippen LogP contribution in [0.3, 0.4) is 0 Å². The lowest BCUT2D eigenvalue weighted by atomic mass is 10.2. The van der Waals surface area contributed by atoms with Crippen LogP contribution in [0.1, 0.15) is 5.56 Å². The van der Waals surface area contributed by atoms with Gasteiger partial charge in [0.05, 0.1) is 11.3 Å². The van der Waals surface area contributed by atoms with Crippen LogP contribution in [0, 0.1) is 11.3 Å². The highest BCUT2D eigenvalue weighted by atomic mass is 15.1. The number of nitrogens with zero attached hydrogens (tertiary/aromatic N) is 2. The molecule has 0 unspecified atom stereocenters. The minimum Gasteiger partial charge on any atom is -0.370 e. The second kappa shape index (κ2) is 4.32. The van der Waals surface area contributed by atoms with Gasteiger partial charge in [0.1, 0.15) is 6.07 Å². The fourth-order valence-electron chi connectivity index (χ4n) is 1.19. The molecular weight excluding hydrogens is 160 g/mol. The quantitative estimate of drug-likeness (QED) is 0.653. The van der Waals surface area contributed by atoms with Gasteiger partial charge in [-0.25, -0.2) is 0 Å². The molecule has 0 aromatic heterocycles. The van der Waals surface area contributed by atoms with Crippen molar-refractivity contribution in [3.8, 4) is 6.07 Å². The topological polar surface area (TPSA) is 27.0 Å². The van der Waals surface area contributed by atoms with Crippen LogP contribution in [0.15, 0.2) is 36.9 Å². The van der Waals surface area contributed by atoms with Gasteiger partial charge < -0.3 is 4.90 Å². The van der Waals surface area contributed by atoms with Crippen molar-refractivity contribution in [3.05, 3.63) is 42.5 Å². The van der Waals surface area contributed by atoms with Gasteiger partial charge in [-0.15, -0.1) is 6.58 Å². The van der Waals surface area contributed by atoms with Crippen molar-refractivity contribution in [1.29, 1.82) is 5.26 Å². The van der Waals surface area contributed by atoms with E-state index in [2.05, 4.69) is 12.6 Å². The number of likely N-dealkylation sites (N-methyl/N-ethyl adjacent to an activating group) is 1. The van der Waals surface area contributed by atoms with Crippen LogP contribution in [0.4, 0.5) is 5.69 Å². The van der Waals surface area contributed by atoms with Gasteiger partial charge in [-0.2, -0.15) is 5.26 Å². The van der Waals surface area contributed by atoms with E-state index < -0.39 is 0 Å². The summed E-state index contributed by atoms with van der Waals surface area (Å²) < 4.78 is 0. The zero-order chi connectivity index (χ0) is 9.68. The Bertz CT molecular complexity index is 336. The van der Waals surface area contributed by atoms with E-state index in [1.54, 1.807) is 0 Å². The van der Waals surface area contributed by atoms with Crippen molar-refractivity contribution in [2.24, 2.45) is 0 Å². The van der Waals surface area contributed by atoms with E-state index in [0.29, 0.717) is 5.56 Å². The van der Waals surface area contributed by atoms with Gasteiger partial charge >= 0.3 is 0 Å². The molecule has 1 rings (SSSR count). The second-order valence-electron chi connectivity index (χ2n) is 2.80. The van der Waals surface area contributed by atoms with Crippen LogP contribution in [0.2, 0.25) is 0 Å². The summed E-state index contributed by atoms with van der Waals surface area (Å²) in [5.74, 6) is 0. The highest BCUT2D eigenvalue weighted by Gasteiger charge is 2.03. The van der Waals surface area contributed by atoms with Gasteiger partial charge in [0.15, 0.2) is 0 Å². The van der Waals surface area contributed by atoms with Gasteiger partial charge in [0.25, 0.3) is 0 Å². The highest BCUT2D eigenvalue weighted by molar-refractivity contribution is 5.58. The third kappa shape index (κ3) is 2.09. The molecule has 0 heterocycles. The maximum Gasteiger partial charge on any atom is 0.101 e. The Morgan fingerprint density at radius 1 is 1.54 bits per heavy atom. The molecule has 1 aromatic carbocycles. The van der Waals surface area contributed by atoms with Crippen LogP contribution in [-0.4, -0.2) is 13.6 Å². The summed E-state index contributed by atoms with van der Waals surface area (Å²) in [4.78, 5) is 1.99. The fraction of sp³-hybridized carbons (Fsp3) is 0.182. The van der Waals surface area contributed by atoms with Gasteiger partial charge in [-0.3, -0.25) is 0 Å². The molecule has 2 heteroatoms. The van der Waals surface area contributed by atoms with Crippen molar-refractivity contribution in [3.63, 3.8) is 0 Å². The predicted octanol–water partition coefficient (Wildman–Crippen LogP) is 2.18. The first-order valence-corrected chi connectivity index (χ1v) is 4.10. The number of anilines is 1. The highest BCUT2D eigenvalue weighted by Crippen LogP contribution is 2.17. The van der Waals surface area contributed by atoms with E-state index in [0.717, 1.165) is 12.2 Å². The Morgan fingerprint density at radius 2 is 2.23 bits per heavy atom. The summed E-state index contributed by atoms with van der Waals surface area (Å²) in [6.45, 7) is 4.41.